The van der Waals surface area contributed by atoms with Crippen molar-refractivity contribution in [2.24, 2.45) is 0 Å². The second-order valence-electron chi connectivity index (χ2n) is 2.99. The van der Waals surface area contributed by atoms with Crippen LogP contribution in [0.4, 0.5) is 13.2 Å². The summed E-state index contributed by atoms with van der Waals surface area (Å²) in [6.45, 7) is -1.53. The second kappa shape index (κ2) is 6.00. The molecule has 1 amide bonds. The van der Waals surface area contributed by atoms with E-state index in [1.165, 1.54) is 12.3 Å². The van der Waals surface area contributed by atoms with Gasteiger partial charge in [-0.25, -0.2) is 5.48 Å². The van der Waals surface area contributed by atoms with E-state index in [0.717, 1.165) is 6.08 Å². The van der Waals surface area contributed by atoms with Gasteiger partial charge >= 0.3 is 6.18 Å². The van der Waals surface area contributed by atoms with Crippen LogP contribution in [0.3, 0.4) is 0 Å². The van der Waals surface area contributed by atoms with Crippen LogP contribution in [-0.2, 0) is 9.63 Å². The lowest BCUT2D eigenvalue weighted by atomic mass is 10.2. The molecular formula is C10H9F3N2O2. The maximum atomic E-state index is 11.7. The van der Waals surface area contributed by atoms with E-state index in [1.807, 2.05) is 0 Å². The largest absolute Gasteiger partial charge is 0.414 e. The van der Waals surface area contributed by atoms with Gasteiger partial charge < -0.3 is 0 Å². The van der Waals surface area contributed by atoms with Crippen molar-refractivity contribution in [3.8, 4) is 0 Å². The number of hydrogen-bond acceptors (Lipinski definition) is 3. The van der Waals surface area contributed by atoms with Crippen molar-refractivity contribution in [1.29, 1.82) is 0 Å². The molecule has 0 fully saturated rings. The highest BCUT2D eigenvalue weighted by atomic mass is 19.4. The molecule has 0 aliphatic rings. The Labute approximate surface area is 95.1 Å². The van der Waals surface area contributed by atoms with Crippen LogP contribution < -0.4 is 5.48 Å². The number of amides is 1. The number of hydrogen-bond donors (Lipinski definition) is 1. The molecule has 4 nitrogen and oxygen atoms in total. The molecule has 0 bridgehead atoms. The predicted octanol–water partition coefficient (Wildman–Crippen LogP) is 1.70. The molecular weight excluding hydrogens is 237 g/mol. The number of aromatic nitrogens is 1. The minimum atomic E-state index is -4.47. The molecule has 0 aliphatic carbocycles. The lowest BCUT2D eigenvalue weighted by molar-refractivity contribution is -0.190. The van der Waals surface area contributed by atoms with Gasteiger partial charge in [-0.3, -0.25) is 14.6 Å². The highest BCUT2D eigenvalue weighted by Gasteiger charge is 2.28. The number of rotatable bonds is 4. The Balaban J connectivity index is 2.33. The standard InChI is InChI=1S/C10H9F3N2O2/c11-10(12,13)7-17-15-9(16)4-3-8-2-1-5-14-6-8/h1-6H,7H2,(H,15,16)/b4-3+. The maximum Gasteiger partial charge on any atom is 0.414 e. The van der Waals surface area contributed by atoms with Crippen molar-refractivity contribution < 1.29 is 22.8 Å². The van der Waals surface area contributed by atoms with Crippen LogP contribution in [0.5, 0.6) is 0 Å². The fourth-order valence-electron chi connectivity index (χ4n) is 0.870. The van der Waals surface area contributed by atoms with E-state index < -0.39 is 18.7 Å². The molecule has 0 radical (unpaired) electrons. The first-order valence-corrected chi connectivity index (χ1v) is 4.54. The molecule has 17 heavy (non-hydrogen) atoms. The van der Waals surface area contributed by atoms with E-state index in [0.29, 0.717) is 5.56 Å². The first-order valence-electron chi connectivity index (χ1n) is 4.54. The zero-order chi connectivity index (χ0) is 12.7. The van der Waals surface area contributed by atoms with Crippen LogP contribution in [-0.4, -0.2) is 23.7 Å². The molecule has 0 aliphatic heterocycles. The minimum absolute atomic E-state index is 0.651. The summed E-state index contributed by atoms with van der Waals surface area (Å²) < 4.78 is 35.0. The molecule has 0 spiro atoms. The second-order valence-corrected chi connectivity index (χ2v) is 2.99. The Hall–Kier alpha value is -1.89. The van der Waals surface area contributed by atoms with Gasteiger partial charge in [0.05, 0.1) is 0 Å². The zero-order valence-corrected chi connectivity index (χ0v) is 8.57. The Morgan fingerprint density at radius 2 is 2.29 bits per heavy atom. The number of halogens is 3. The van der Waals surface area contributed by atoms with Gasteiger partial charge in [0.2, 0.25) is 0 Å². The van der Waals surface area contributed by atoms with Crippen molar-refractivity contribution in [3.63, 3.8) is 0 Å². The summed E-state index contributed by atoms with van der Waals surface area (Å²) in [4.78, 5) is 18.7. The maximum absolute atomic E-state index is 11.7. The Morgan fingerprint density at radius 3 is 2.88 bits per heavy atom. The van der Waals surface area contributed by atoms with Gasteiger partial charge in [-0.2, -0.15) is 13.2 Å². The molecule has 1 heterocycles. The summed E-state index contributed by atoms with van der Waals surface area (Å²) in [5.41, 5.74) is 2.29. The van der Waals surface area contributed by atoms with Gasteiger partial charge in [-0.1, -0.05) is 6.07 Å². The topological polar surface area (TPSA) is 51.2 Å². The van der Waals surface area contributed by atoms with Gasteiger partial charge in [0.1, 0.15) is 0 Å². The summed E-state index contributed by atoms with van der Waals surface area (Å²) in [7, 11) is 0. The van der Waals surface area contributed by atoms with Crippen LogP contribution in [0.1, 0.15) is 5.56 Å². The third-order valence-electron chi connectivity index (χ3n) is 1.52. The molecule has 0 saturated carbocycles. The number of hydroxylamine groups is 1. The van der Waals surface area contributed by atoms with Crippen molar-refractivity contribution in [2.45, 2.75) is 6.18 Å². The van der Waals surface area contributed by atoms with E-state index in [-0.39, 0.29) is 0 Å². The van der Waals surface area contributed by atoms with E-state index >= 15 is 0 Å². The monoisotopic (exact) mass is 246 g/mol. The Bertz CT molecular complexity index is 390. The van der Waals surface area contributed by atoms with E-state index in [9.17, 15) is 18.0 Å². The lowest BCUT2D eigenvalue weighted by Gasteiger charge is -2.06. The average Bonchev–Trinajstić information content (AvgIpc) is 2.26. The molecule has 1 aromatic heterocycles. The van der Waals surface area contributed by atoms with Crippen LogP contribution in [0.25, 0.3) is 6.08 Å². The summed E-state index contributed by atoms with van der Waals surface area (Å²) in [6.07, 6.45) is 1.04. The Kier molecular flexibility index (Phi) is 4.65. The fourth-order valence-corrected chi connectivity index (χ4v) is 0.870. The summed E-state index contributed by atoms with van der Waals surface area (Å²) >= 11 is 0. The van der Waals surface area contributed by atoms with Gasteiger partial charge in [0.25, 0.3) is 5.91 Å². The van der Waals surface area contributed by atoms with E-state index in [2.05, 4.69) is 9.82 Å². The van der Waals surface area contributed by atoms with Crippen LogP contribution in [0.15, 0.2) is 30.6 Å². The highest BCUT2D eigenvalue weighted by Crippen LogP contribution is 2.13. The van der Waals surface area contributed by atoms with Crippen LogP contribution in [0, 0.1) is 0 Å². The third-order valence-corrected chi connectivity index (χ3v) is 1.52. The van der Waals surface area contributed by atoms with Crippen molar-refractivity contribution in [3.05, 3.63) is 36.2 Å². The number of nitrogens with zero attached hydrogens (tertiary/aromatic N) is 1. The Morgan fingerprint density at radius 1 is 1.53 bits per heavy atom. The summed E-state index contributed by atoms with van der Waals surface area (Å²) in [6, 6.07) is 3.35. The predicted molar refractivity (Wildman–Crippen MR) is 53.4 cm³/mol. The van der Waals surface area contributed by atoms with Crippen molar-refractivity contribution >= 4 is 12.0 Å². The summed E-state index contributed by atoms with van der Waals surface area (Å²) in [5, 5.41) is 0. The summed E-state index contributed by atoms with van der Waals surface area (Å²) in [5.74, 6) is -0.780. The molecule has 0 unspecified atom stereocenters. The van der Waals surface area contributed by atoms with Gasteiger partial charge in [0, 0.05) is 18.5 Å². The molecule has 92 valence electrons. The lowest BCUT2D eigenvalue weighted by Crippen LogP contribution is -2.28. The molecule has 1 rings (SSSR count). The fraction of sp³-hybridized carbons (Fsp3) is 0.200. The zero-order valence-electron chi connectivity index (χ0n) is 8.57. The van der Waals surface area contributed by atoms with Crippen LogP contribution >= 0.6 is 0 Å². The highest BCUT2D eigenvalue weighted by molar-refractivity contribution is 5.90. The number of alkyl halides is 3. The number of carbonyl (C=O) groups is 1. The van der Waals surface area contributed by atoms with Gasteiger partial charge in [-0.15, -0.1) is 0 Å². The first-order chi connectivity index (χ1) is 7.97. The van der Waals surface area contributed by atoms with Gasteiger partial charge in [0.15, 0.2) is 6.61 Å². The third kappa shape index (κ3) is 6.31. The number of nitrogens with one attached hydrogen (secondary N) is 1. The molecule has 0 atom stereocenters. The van der Waals surface area contributed by atoms with Crippen LogP contribution in [0.2, 0.25) is 0 Å². The minimum Gasteiger partial charge on any atom is -0.268 e. The SMILES string of the molecule is O=C(/C=C/c1cccnc1)NOCC(F)(F)F. The molecule has 1 aromatic rings. The van der Waals surface area contributed by atoms with E-state index in [4.69, 9.17) is 0 Å². The van der Waals surface area contributed by atoms with Crippen molar-refractivity contribution in [1.82, 2.24) is 10.5 Å². The number of pyridine rings is 1. The number of carbonyl (C=O) groups excluding carboxylic acids is 1. The molecule has 7 heteroatoms. The normalized spacial score (nSPS) is 11.7. The molecule has 0 saturated heterocycles. The smallest absolute Gasteiger partial charge is 0.268 e. The van der Waals surface area contributed by atoms with E-state index in [1.54, 1.807) is 23.8 Å². The molecule has 0 aromatic carbocycles. The molecule has 1 N–H and O–H groups in total. The van der Waals surface area contributed by atoms with Crippen molar-refractivity contribution in [2.75, 3.05) is 6.61 Å². The first kappa shape index (κ1) is 13.2. The van der Waals surface area contributed by atoms with Gasteiger partial charge in [-0.05, 0) is 17.7 Å². The average molecular weight is 246 g/mol. The quantitative estimate of drug-likeness (QED) is 0.650.